The van der Waals surface area contributed by atoms with E-state index in [-0.39, 0.29) is 28.4 Å². The lowest BCUT2D eigenvalue weighted by Crippen LogP contribution is -2.12. The van der Waals surface area contributed by atoms with E-state index in [4.69, 9.17) is 4.74 Å². The molecule has 23 heavy (non-hydrogen) atoms. The summed E-state index contributed by atoms with van der Waals surface area (Å²) in [5, 5.41) is 0. The van der Waals surface area contributed by atoms with Gasteiger partial charge in [0, 0.05) is 11.1 Å². The van der Waals surface area contributed by atoms with E-state index in [1.54, 1.807) is 13.0 Å². The van der Waals surface area contributed by atoms with Gasteiger partial charge in [0.2, 0.25) is 0 Å². The van der Waals surface area contributed by atoms with Crippen LogP contribution in [-0.2, 0) is 0 Å². The van der Waals surface area contributed by atoms with Crippen molar-refractivity contribution in [3.05, 3.63) is 64.5 Å². The quantitative estimate of drug-likeness (QED) is 0.490. The smallest absolute Gasteiger partial charge is 0.346 e. The van der Waals surface area contributed by atoms with Crippen LogP contribution in [0.2, 0.25) is 0 Å². The van der Waals surface area contributed by atoms with Crippen LogP contribution in [0, 0.1) is 12.7 Å². The van der Waals surface area contributed by atoms with Crippen molar-refractivity contribution in [3.8, 4) is 5.75 Å². The number of Topliss-reactive ketones (excluding diaryl/α,β-unsaturated/α-hetero) is 2. The van der Waals surface area contributed by atoms with Gasteiger partial charge in [-0.25, -0.2) is 9.18 Å². The summed E-state index contributed by atoms with van der Waals surface area (Å²) in [6.45, 7) is 4.43. The van der Waals surface area contributed by atoms with Gasteiger partial charge < -0.3 is 4.74 Å². The number of esters is 1. The Hall–Kier alpha value is -2.82. The first kappa shape index (κ1) is 16.5. The fraction of sp³-hybridized carbons (Fsp3) is 0.167. The maximum absolute atomic E-state index is 13.9. The molecule has 0 aliphatic rings. The number of hydrogen-bond acceptors (Lipinski definition) is 4. The highest BCUT2D eigenvalue weighted by molar-refractivity contribution is 5.97. The van der Waals surface area contributed by atoms with Gasteiger partial charge in [0.15, 0.2) is 11.6 Å². The molecule has 0 aliphatic heterocycles. The van der Waals surface area contributed by atoms with Crippen LogP contribution in [0.25, 0.3) is 0 Å². The first-order chi connectivity index (χ1) is 10.8. The predicted molar refractivity (Wildman–Crippen MR) is 82.5 cm³/mol. The van der Waals surface area contributed by atoms with Crippen LogP contribution in [0.1, 0.15) is 50.5 Å². The molecule has 0 spiro atoms. The lowest BCUT2D eigenvalue weighted by Gasteiger charge is -2.09. The van der Waals surface area contributed by atoms with Crippen molar-refractivity contribution < 1.29 is 23.5 Å². The number of rotatable bonds is 4. The van der Waals surface area contributed by atoms with Gasteiger partial charge in [-0.3, -0.25) is 9.59 Å². The molecule has 5 heteroatoms. The average molecular weight is 314 g/mol. The van der Waals surface area contributed by atoms with Crippen molar-refractivity contribution in [2.24, 2.45) is 0 Å². The van der Waals surface area contributed by atoms with Gasteiger partial charge in [-0.05, 0) is 56.7 Å². The lowest BCUT2D eigenvalue weighted by molar-refractivity contribution is 0.0728. The van der Waals surface area contributed by atoms with Crippen LogP contribution in [0.3, 0.4) is 0 Å². The molecule has 0 amide bonds. The van der Waals surface area contributed by atoms with E-state index in [0.29, 0.717) is 11.1 Å². The zero-order valence-electron chi connectivity index (χ0n) is 13.0. The van der Waals surface area contributed by atoms with Gasteiger partial charge in [0.05, 0.1) is 5.56 Å². The highest BCUT2D eigenvalue weighted by atomic mass is 19.1. The fourth-order valence-corrected chi connectivity index (χ4v) is 2.04. The standard InChI is InChI=1S/C18H15FO4/c1-10-8-13(11(2)20)5-7-17(10)23-18(22)15-6-4-14(12(3)21)9-16(15)19/h4-9H,1-3H3. The molecule has 0 radical (unpaired) electrons. The lowest BCUT2D eigenvalue weighted by atomic mass is 10.1. The topological polar surface area (TPSA) is 60.4 Å². The highest BCUT2D eigenvalue weighted by Gasteiger charge is 2.17. The van der Waals surface area contributed by atoms with Crippen LogP contribution >= 0.6 is 0 Å². The molecule has 2 aromatic carbocycles. The van der Waals surface area contributed by atoms with Crippen LogP contribution in [-0.4, -0.2) is 17.5 Å². The van der Waals surface area contributed by atoms with Crippen molar-refractivity contribution in [1.29, 1.82) is 0 Å². The third-order valence-electron chi connectivity index (χ3n) is 3.38. The maximum Gasteiger partial charge on any atom is 0.346 e. The number of ether oxygens (including phenoxy) is 1. The molecular weight excluding hydrogens is 299 g/mol. The van der Waals surface area contributed by atoms with E-state index >= 15 is 0 Å². The van der Waals surface area contributed by atoms with Crippen LogP contribution < -0.4 is 4.74 Å². The molecule has 0 unspecified atom stereocenters. The predicted octanol–water partition coefficient (Wildman–Crippen LogP) is 3.76. The van der Waals surface area contributed by atoms with Gasteiger partial charge in [-0.2, -0.15) is 0 Å². The molecule has 0 aromatic heterocycles. The number of halogens is 1. The SMILES string of the molecule is CC(=O)c1ccc(OC(=O)c2ccc(C(C)=O)cc2F)c(C)c1. The number of carbonyl (C=O) groups is 3. The Morgan fingerprint density at radius 2 is 1.48 bits per heavy atom. The Kier molecular flexibility index (Phi) is 4.69. The molecule has 4 nitrogen and oxygen atoms in total. The molecule has 0 N–H and O–H groups in total. The van der Waals surface area contributed by atoms with Crippen molar-refractivity contribution in [2.45, 2.75) is 20.8 Å². The summed E-state index contributed by atoms with van der Waals surface area (Å²) < 4.78 is 19.1. The van der Waals surface area contributed by atoms with Gasteiger partial charge in [-0.1, -0.05) is 6.07 Å². The van der Waals surface area contributed by atoms with Crippen molar-refractivity contribution >= 4 is 17.5 Å². The maximum atomic E-state index is 13.9. The summed E-state index contributed by atoms with van der Waals surface area (Å²) in [6.07, 6.45) is 0. The number of ketones is 2. The van der Waals surface area contributed by atoms with Crippen LogP contribution in [0.15, 0.2) is 36.4 Å². The second-order valence-electron chi connectivity index (χ2n) is 5.18. The van der Waals surface area contributed by atoms with Gasteiger partial charge in [0.25, 0.3) is 0 Å². The van der Waals surface area contributed by atoms with E-state index in [9.17, 15) is 18.8 Å². The Morgan fingerprint density at radius 1 is 0.913 bits per heavy atom. The first-order valence-corrected chi connectivity index (χ1v) is 6.94. The van der Waals surface area contributed by atoms with Crippen molar-refractivity contribution in [2.75, 3.05) is 0 Å². The summed E-state index contributed by atoms with van der Waals surface area (Å²) in [5.74, 6) is -1.83. The summed E-state index contributed by atoms with van der Waals surface area (Å²) in [4.78, 5) is 34.6. The Labute approximate surface area is 132 Å². The van der Waals surface area contributed by atoms with Gasteiger partial charge in [-0.15, -0.1) is 0 Å². The van der Waals surface area contributed by atoms with Crippen LogP contribution in [0.4, 0.5) is 4.39 Å². The molecule has 0 heterocycles. The van der Waals surface area contributed by atoms with E-state index in [1.165, 1.54) is 38.1 Å². The molecule has 118 valence electrons. The normalized spacial score (nSPS) is 10.3. The molecule has 2 aromatic rings. The third kappa shape index (κ3) is 3.69. The van der Waals surface area contributed by atoms with Gasteiger partial charge >= 0.3 is 5.97 Å². The van der Waals surface area contributed by atoms with E-state index in [0.717, 1.165) is 6.07 Å². The molecule has 0 fully saturated rings. The molecule has 0 bridgehead atoms. The first-order valence-electron chi connectivity index (χ1n) is 6.94. The monoisotopic (exact) mass is 314 g/mol. The second-order valence-corrected chi connectivity index (χ2v) is 5.18. The summed E-state index contributed by atoms with van der Waals surface area (Å²) in [5.41, 5.74) is 1.01. The summed E-state index contributed by atoms with van der Waals surface area (Å²) in [7, 11) is 0. The number of benzene rings is 2. The number of hydrogen-bond donors (Lipinski definition) is 0. The third-order valence-corrected chi connectivity index (χ3v) is 3.38. The largest absolute Gasteiger partial charge is 0.423 e. The average Bonchev–Trinajstić information content (AvgIpc) is 2.48. The minimum absolute atomic E-state index is 0.100. The number of carbonyl (C=O) groups excluding carboxylic acids is 3. The molecular formula is C18H15FO4. The van der Waals surface area contributed by atoms with Gasteiger partial charge in [0.1, 0.15) is 11.6 Å². The number of aryl methyl sites for hydroxylation is 1. The Balaban J connectivity index is 2.26. The zero-order valence-corrected chi connectivity index (χ0v) is 13.0. The molecule has 0 aliphatic carbocycles. The van der Waals surface area contributed by atoms with Crippen molar-refractivity contribution in [3.63, 3.8) is 0 Å². The van der Waals surface area contributed by atoms with Crippen molar-refractivity contribution in [1.82, 2.24) is 0 Å². The van der Waals surface area contributed by atoms with E-state index in [2.05, 4.69) is 0 Å². The summed E-state index contributed by atoms with van der Waals surface area (Å²) in [6, 6.07) is 8.21. The Bertz CT molecular complexity index is 809. The molecule has 0 atom stereocenters. The molecule has 0 saturated carbocycles. The molecule has 0 saturated heterocycles. The Morgan fingerprint density at radius 3 is 2.00 bits per heavy atom. The molecule has 2 rings (SSSR count). The fourth-order valence-electron chi connectivity index (χ4n) is 2.04. The van der Waals surface area contributed by atoms with E-state index in [1.807, 2.05) is 0 Å². The zero-order chi connectivity index (χ0) is 17.1. The minimum Gasteiger partial charge on any atom is -0.423 e. The van der Waals surface area contributed by atoms with E-state index < -0.39 is 11.8 Å². The summed E-state index contributed by atoms with van der Waals surface area (Å²) >= 11 is 0. The van der Waals surface area contributed by atoms with Crippen LogP contribution in [0.5, 0.6) is 5.75 Å². The second kappa shape index (κ2) is 6.52. The minimum atomic E-state index is -0.865. The highest BCUT2D eigenvalue weighted by Crippen LogP contribution is 2.21.